The number of hydrogen-bond donors (Lipinski definition) is 2. The van der Waals surface area contributed by atoms with Crippen molar-refractivity contribution >= 4 is 11.9 Å². The molecule has 2 aliphatic rings. The van der Waals surface area contributed by atoms with Crippen molar-refractivity contribution in [2.75, 3.05) is 13.6 Å². The van der Waals surface area contributed by atoms with Gasteiger partial charge in [0.05, 0.1) is 35.1 Å². The molecule has 0 atom stereocenters. The summed E-state index contributed by atoms with van der Waals surface area (Å²) in [5.74, 6) is -0.982. The Balaban J connectivity index is 1.61. The molecular weight excluding hydrogens is 320 g/mol. The molecule has 1 amide bonds. The highest BCUT2D eigenvalue weighted by Crippen LogP contribution is 2.50. The molecule has 2 N–H and O–H groups in total. The van der Waals surface area contributed by atoms with E-state index in [2.05, 4.69) is 10.4 Å². The lowest BCUT2D eigenvalue weighted by Gasteiger charge is -2.29. The molecule has 0 spiro atoms. The topological polar surface area (TPSA) is 87.5 Å². The first kappa shape index (κ1) is 15.8. The molecule has 130 valence electrons. The number of amides is 1. The second-order valence-electron chi connectivity index (χ2n) is 6.68. The van der Waals surface area contributed by atoms with E-state index in [1.807, 2.05) is 23.9 Å². The Morgan fingerprint density at radius 2 is 2.00 bits per heavy atom. The summed E-state index contributed by atoms with van der Waals surface area (Å²) in [6.45, 7) is 2.28. The third-order valence-electron chi connectivity index (χ3n) is 5.31. The Hall–Kier alpha value is -2.67. The Morgan fingerprint density at radius 1 is 1.28 bits per heavy atom. The maximum absolute atomic E-state index is 13.1. The average Bonchev–Trinajstić information content (AvgIpc) is 3.34. The van der Waals surface area contributed by atoms with Crippen LogP contribution in [0.15, 0.2) is 30.5 Å². The predicted molar refractivity (Wildman–Crippen MR) is 90.3 cm³/mol. The van der Waals surface area contributed by atoms with Crippen LogP contribution in [0.2, 0.25) is 0 Å². The van der Waals surface area contributed by atoms with Crippen molar-refractivity contribution in [3.8, 4) is 0 Å². The zero-order chi connectivity index (χ0) is 17.6. The number of carboxylic acid groups (broad SMARTS) is 1. The van der Waals surface area contributed by atoms with Crippen molar-refractivity contribution in [1.29, 1.82) is 0 Å². The smallest absolute Gasteiger partial charge is 0.335 e. The van der Waals surface area contributed by atoms with Crippen LogP contribution in [0, 0.1) is 0 Å². The van der Waals surface area contributed by atoms with E-state index in [9.17, 15) is 9.59 Å². The minimum atomic E-state index is -0.945. The summed E-state index contributed by atoms with van der Waals surface area (Å²) in [6, 6.07) is 6.83. The minimum absolute atomic E-state index is 0.0373. The lowest BCUT2D eigenvalue weighted by molar-refractivity contribution is 0.0686. The van der Waals surface area contributed by atoms with Gasteiger partial charge in [0, 0.05) is 20.1 Å². The number of carboxylic acids is 1. The number of rotatable bonds is 4. The number of nitrogens with one attached hydrogen (secondary N) is 1. The highest BCUT2D eigenvalue weighted by atomic mass is 16.4. The van der Waals surface area contributed by atoms with Gasteiger partial charge in [0.15, 0.2) is 0 Å². The minimum Gasteiger partial charge on any atom is -0.478 e. The van der Waals surface area contributed by atoms with E-state index in [1.165, 1.54) is 0 Å². The van der Waals surface area contributed by atoms with E-state index in [1.54, 1.807) is 23.2 Å². The van der Waals surface area contributed by atoms with Gasteiger partial charge in [0.2, 0.25) is 0 Å². The van der Waals surface area contributed by atoms with Gasteiger partial charge in [-0.3, -0.25) is 9.48 Å². The van der Waals surface area contributed by atoms with E-state index in [0.717, 1.165) is 37.2 Å². The maximum Gasteiger partial charge on any atom is 0.335 e. The van der Waals surface area contributed by atoms with Crippen LogP contribution in [-0.4, -0.2) is 45.3 Å². The van der Waals surface area contributed by atoms with Gasteiger partial charge < -0.3 is 15.3 Å². The summed E-state index contributed by atoms with van der Waals surface area (Å²) >= 11 is 0. The third-order valence-corrected chi connectivity index (χ3v) is 5.31. The molecule has 2 heterocycles. The summed E-state index contributed by atoms with van der Waals surface area (Å²) in [4.78, 5) is 25.9. The molecule has 7 nitrogen and oxygen atoms in total. The molecule has 1 saturated carbocycles. The maximum atomic E-state index is 13.1. The van der Waals surface area contributed by atoms with Gasteiger partial charge in [0.25, 0.3) is 5.91 Å². The van der Waals surface area contributed by atoms with Crippen LogP contribution in [0.3, 0.4) is 0 Å². The van der Waals surface area contributed by atoms with Crippen molar-refractivity contribution in [2.24, 2.45) is 0 Å². The quantitative estimate of drug-likeness (QED) is 0.879. The van der Waals surface area contributed by atoms with Crippen LogP contribution in [0.4, 0.5) is 0 Å². The first-order valence-electron chi connectivity index (χ1n) is 8.40. The lowest BCUT2D eigenvalue weighted by atomic mass is 10.0. The molecule has 0 saturated heterocycles. The Bertz CT molecular complexity index is 837. The van der Waals surface area contributed by atoms with Crippen LogP contribution in [0.1, 0.15) is 44.8 Å². The van der Waals surface area contributed by atoms with Gasteiger partial charge >= 0.3 is 5.97 Å². The molecule has 2 aromatic rings. The van der Waals surface area contributed by atoms with Gasteiger partial charge in [-0.2, -0.15) is 5.10 Å². The van der Waals surface area contributed by atoms with E-state index in [0.29, 0.717) is 12.1 Å². The van der Waals surface area contributed by atoms with E-state index in [-0.39, 0.29) is 17.0 Å². The zero-order valence-electron chi connectivity index (χ0n) is 14.0. The Morgan fingerprint density at radius 3 is 2.64 bits per heavy atom. The predicted octanol–water partition coefficient (Wildman–Crippen LogP) is 1.45. The summed E-state index contributed by atoms with van der Waals surface area (Å²) in [6.07, 6.45) is 3.41. The SMILES string of the molecule is CN(C(=O)c1cnn2c1CNCC2)C1(c2ccc(C(=O)O)cc2)CC1. The highest BCUT2D eigenvalue weighted by Gasteiger charge is 2.50. The highest BCUT2D eigenvalue weighted by molar-refractivity contribution is 5.96. The van der Waals surface area contributed by atoms with Crippen LogP contribution in [-0.2, 0) is 18.6 Å². The van der Waals surface area contributed by atoms with Gasteiger partial charge in [-0.15, -0.1) is 0 Å². The summed E-state index contributed by atoms with van der Waals surface area (Å²) in [5, 5.41) is 16.7. The molecule has 1 aliphatic heterocycles. The second-order valence-corrected chi connectivity index (χ2v) is 6.68. The number of aromatic carboxylic acids is 1. The van der Waals surface area contributed by atoms with Gasteiger partial charge in [-0.1, -0.05) is 12.1 Å². The number of carbonyl (C=O) groups excluding carboxylic acids is 1. The van der Waals surface area contributed by atoms with Gasteiger partial charge in [-0.25, -0.2) is 4.79 Å². The second kappa shape index (κ2) is 5.70. The lowest BCUT2D eigenvalue weighted by Crippen LogP contribution is -2.38. The molecule has 0 unspecified atom stereocenters. The fraction of sp³-hybridized carbons (Fsp3) is 0.389. The van der Waals surface area contributed by atoms with Crippen molar-refractivity contribution < 1.29 is 14.7 Å². The molecule has 1 aromatic heterocycles. The average molecular weight is 340 g/mol. The van der Waals surface area contributed by atoms with Crippen LogP contribution < -0.4 is 5.32 Å². The van der Waals surface area contributed by atoms with Crippen molar-refractivity contribution in [3.63, 3.8) is 0 Å². The number of aromatic nitrogens is 2. The molecule has 1 aromatic carbocycles. The van der Waals surface area contributed by atoms with Crippen LogP contribution in [0.5, 0.6) is 0 Å². The summed E-state index contributed by atoms with van der Waals surface area (Å²) < 4.78 is 1.89. The Labute approximate surface area is 145 Å². The van der Waals surface area contributed by atoms with Gasteiger partial charge in [-0.05, 0) is 30.5 Å². The number of fused-ring (bicyclic) bond motifs is 1. The molecule has 0 bridgehead atoms. The molecule has 0 radical (unpaired) electrons. The van der Waals surface area contributed by atoms with Crippen molar-refractivity contribution in [2.45, 2.75) is 31.5 Å². The molecular formula is C18H20N4O3. The van der Waals surface area contributed by atoms with Crippen molar-refractivity contribution in [3.05, 3.63) is 52.8 Å². The third kappa shape index (κ3) is 2.51. The number of benzene rings is 1. The van der Waals surface area contributed by atoms with Gasteiger partial charge in [0.1, 0.15) is 0 Å². The summed E-state index contributed by atoms with van der Waals surface area (Å²) in [5.41, 5.74) is 2.46. The van der Waals surface area contributed by atoms with Crippen LogP contribution >= 0.6 is 0 Å². The van der Waals surface area contributed by atoms with Crippen LogP contribution in [0.25, 0.3) is 0 Å². The first-order chi connectivity index (χ1) is 12.0. The van der Waals surface area contributed by atoms with E-state index < -0.39 is 5.97 Å². The monoisotopic (exact) mass is 340 g/mol. The number of carbonyl (C=O) groups is 2. The van der Waals surface area contributed by atoms with E-state index in [4.69, 9.17) is 5.11 Å². The Kier molecular flexibility index (Phi) is 3.61. The first-order valence-corrected chi connectivity index (χ1v) is 8.40. The standard InChI is InChI=1S/C18H20N4O3/c1-21(16(23)14-10-20-22-9-8-19-11-15(14)22)18(6-7-18)13-4-2-12(3-5-13)17(24)25/h2-5,10,19H,6-9,11H2,1H3,(H,24,25). The molecule has 25 heavy (non-hydrogen) atoms. The molecule has 1 aliphatic carbocycles. The summed E-state index contributed by atoms with van der Waals surface area (Å²) in [7, 11) is 1.82. The molecule has 4 rings (SSSR count). The van der Waals surface area contributed by atoms with E-state index >= 15 is 0 Å². The van der Waals surface area contributed by atoms with Crippen molar-refractivity contribution in [1.82, 2.24) is 20.0 Å². The fourth-order valence-corrected chi connectivity index (χ4v) is 3.59. The number of hydrogen-bond acceptors (Lipinski definition) is 4. The number of nitrogens with zero attached hydrogens (tertiary/aromatic N) is 3. The zero-order valence-corrected chi connectivity index (χ0v) is 14.0. The normalized spacial score (nSPS) is 17.6. The fourth-order valence-electron chi connectivity index (χ4n) is 3.59. The molecule has 7 heteroatoms. The largest absolute Gasteiger partial charge is 0.478 e. The molecule has 1 fully saturated rings.